The number of fused-ring (bicyclic) bond motifs is 1. The number of benzene rings is 1. The predicted molar refractivity (Wildman–Crippen MR) is 45.3 cm³/mol. The first-order valence-electron chi connectivity index (χ1n) is 3.30. The van der Waals surface area contributed by atoms with E-state index in [1.165, 1.54) is 0 Å². The zero-order valence-electron chi connectivity index (χ0n) is 5.83. The SMILES string of the molecule is NNc1ccc2[nH]bnc2c1. The Bertz CT molecular complexity index is 369. The molecule has 4 N–H and O–H groups in total. The fourth-order valence-electron chi connectivity index (χ4n) is 1.02. The van der Waals surface area contributed by atoms with Gasteiger partial charge in [0.15, 0.2) is 0 Å². The first-order chi connectivity index (χ1) is 5.40. The maximum absolute atomic E-state index is 5.22. The van der Waals surface area contributed by atoms with Crippen molar-refractivity contribution in [2.24, 2.45) is 5.84 Å². The molecule has 1 aromatic heterocycles. The fourth-order valence-corrected chi connectivity index (χ4v) is 1.02. The van der Waals surface area contributed by atoms with Gasteiger partial charge in [0.1, 0.15) is 0 Å². The molecule has 1 heterocycles. The molecule has 0 amide bonds. The summed E-state index contributed by atoms with van der Waals surface area (Å²) in [7, 11) is 1.66. The summed E-state index contributed by atoms with van der Waals surface area (Å²) in [5.41, 5.74) is 5.36. The number of H-pyrrole nitrogens is 1. The molecule has 0 fully saturated rings. The Morgan fingerprint density at radius 3 is 3.27 bits per heavy atom. The predicted octanol–water partition coefficient (Wildman–Crippen LogP) is 0.187. The van der Waals surface area contributed by atoms with Crippen LogP contribution in [0, 0.1) is 0 Å². The molecule has 0 spiro atoms. The van der Waals surface area contributed by atoms with Gasteiger partial charge in [-0.25, -0.2) is 0 Å². The Balaban J connectivity index is 2.67. The Morgan fingerprint density at radius 1 is 1.55 bits per heavy atom. The van der Waals surface area contributed by atoms with Crippen LogP contribution in [0.15, 0.2) is 18.2 Å². The fraction of sp³-hybridized carbons (Fsp3) is 0. The third-order valence-corrected chi connectivity index (χ3v) is 1.59. The molecule has 0 bridgehead atoms. The normalized spacial score (nSPS) is 9.91. The molecule has 0 aliphatic heterocycles. The van der Waals surface area contributed by atoms with E-state index < -0.39 is 0 Å². The third kappa shape index (κ3) is 0.989. The minimum atomic E-state index is 0.865. The van der Waals surface area contributed by atoms with E-state index in [1.807, 2.05) is 18.2 Å². The van der Waals surface area contributed by atoms with Gasteiger partial charge in [-0.05, 0) is 0 Å². The Hall–Kier alpha value is -1.36. The van der Waals surface area contributed by atoms with Gasteiger partial charge in [-0.1, -0.05) is 0 Å². The number of anilines is 1. The standard InChI is InChI=1S/C6H7BN4/c8-11-4-1-2-5-6(3-4)10-7-9-5/h1-3,9,11H,8H2. The second kappa shape index (κ2) is 2.36. The monoisotopic (exact) mass is 146 g/mol. The number of nitrogens with zero attached hydrogens (tertiary/aromatic N) is 1. The van der Waals surface area contributed by atoms with Crippen LogP contribution in [0.1, 0.15) is 0 Å². The summed E-state index contributed by atoms with van der Waals surface area (Å²) in [6.45, 7) is 0. The van der Waals surface area contributed by atoms with E-state index in [0.717, 1.165) is 16.7 Å². The van der Waals surface area contributed by atoms with Crippen LogP contribution in [0.3, 0.4) is 0 Å². The van der Waals surface area contributed by atoms with E-state index in [1.54, 1.807) is 7.19 Å². The topological polar surface area (TPSA) is 66.7 Å². The summed E-state index contributed by atoms with van der Waals surface area (Å²) < 4.78 is 0. The van der Waals surface area contributed by atoms with Gasteiger partial charge >= 0.3 is 63.2 Å². The molecular weight excluding hydrogens is 139 g/mol. The number of hydrogen-bond donors (Lipinski definition) is 3. The van der Waals surface area contributed by atoms with Crippen LogP contribution >= 0.6 is 0 Å². The zero-order chi connectivity index (χ0) is 7.68. The van der Waals surface area contributed by atoms with E-state index in [9.17, 15) is 0 Å². The number of aromatic amines is 1. The molecule has 5 heteroatoms. The van der Waals surface area contributed by atoms with Crippen molar-refractivity contribution in [2.75, 3.05) is 5.43 Å². The van der Waals surface area contributed by atoms with Crippen molar-refractivity contribution >= 4 is 23.9 Å². The molecule has 0 atom stereocenters. The van der Waals surface area contributed by atoms with Crippen LogP contribution in [0.4, 0.5) is 5.69 Å². The maximum atomic E-state index is 5.22. The molecule has 2 aromatic rings. The molecule has 2 rings (SSSR count). The number of nitrogen functional groups attached to an aromatic ring is 1. The van der Waals surface area contributed by atoms with Gasteiger partial charge in [0.05, 0.1) is 0 Å². The van der Waals surface area contributed by atoms with Crippen LogP contribution < -0.4 is 11.3 Å². The average Bonchev–Trinajstić information content (AvgIpc) is 2.50. The van der Waals surface area contributed by atoms with Gasteiger partial charge in [0.25, 0.3) is 0 Å². The number of aromatic nitrogens is 2. The molecule has 1 aromatic carbocycles. The summed E-state index contributed by atoms with van der Waals surface area (Å²) in [6, 6.07) is 5.70. The van der Waals surface area contributed by atoms with Crippen molar-refractivity contribution in [1.29, 1.82) is 0 Å². The van der Waals surface area contributed by atoms with Crippen molar-refractivity contribution in [3.05, 3.63) is 18.2 Å². The molecular formula is C6H7BN4. The van der Waals surface area contributed by atoms with Crippen molar-refractivity contribution in [3.8, 4) is 0 Å². The molecule has 4 nitrogen and oxygen atoms in total. The number of rotatable bonds is 1. The zero-order valence-corrected chi connectivity index (χ0v) is 5.83. The summed E-state index contributed by atoms with van der Waals surface area (Å²) in [4.78, 5) is 7.07. The number of nitrogens with two attached hydrogens (primary N) is 1. The second-order valence-corrected chi connectivity index (χ2v) is 2.28. The van der Waals surface area contributed by atoms with Gasteiger partial charge < -0.3 is 0 Å². The minimum absolute atomic E-state index is 0.865. The molecule has 11 heavy (non-hydrogen) atoms. The third-order valence-electron chi connectivity index (χ3n) is 1.59. The van der Waals surface area contributed by atoms with Gasteiger partial charge in [-0.3, -0.25) is 0 Å². The van der Waals surface area contributed by atoms with Crippen LogP contribution in [-0.4, -0.2) is 17.0 Å². The number of nitrogens with one attached hydrogen (secondary N) is 2. The summed E-state index contributed by atoms with van der Waals surface area (Å²) in [5, 5.41) is 0. The molecule has 54 valence electrons. The first-order valence-corrected chi connectivity index (χ1v) is 3.30. The van der Waals surface area contributed by atoms with Crippen molar-refractivity contribution in [1.82, 2.24) is 9.78 Å². The molecule has 0 saturated heterocycles. The second-order valence-electron chi connectivity index (χ2n) is 2.28. The average molecular weight is 146 g/mol. The van der Waals surface area contributed by atoms with Crippen LogP contribution in [0.5, 0.6) is 0 Å². The van der Waals surface area contributed by atoms with Crippen LogP contribution in [0.25, 0.3) is 11.0 Å². The molecule has 0 aliphatic rings. The van der Waals surface area contributed by atoms with Crippen molar-refractivity contribution in [3.63, 3.8) is 0 Å². The van der Waals surface area contributed by atoms with Crippen molar-refractivity contribution < 1.29 is 0 Å². The van der Waals surface area contributed by atoms with E-state index in [4.69, 9.17) is 5.84 Å². The van der Waals surface area contributed by atoms with Crippen molar-refractivity contribution in [2.45, 2.75) is 0 Å². The number of hydrazine groups is 1. The Kier molecular flexibility index (Phi) is 1.36. The van der Waals surface area contributed by atoms with Crippen LogP contribution in [-0.2, 0) is 0 Å². The molecule has 0 saturated carbocycles. The van der Waals surface area contributed by atoms with E-state index in [-0.39, 0.29) is 0 Å². The number of hydrogen-bond acceptors (Lipinski definition) is 3. The van der Waals surface area contributed by atoms with E-state index in [0.29, 0.717) is 0 Å². The molecule has 0 radical (unpaired) electrons. The van der Waals surface area contributed by atoms with E-state index in [2.05, 4.69) is 15.2 Å². The Labute approximate surface area is 64.0 Å². The Morgan fingerprint density at radius 2 is 2.45 bits per heavy atom. The van der Waals surface area contributed by atoms with Gasteiger partial charge in [0.2, 0.25) is 0 Å². The van der Waals surface area contributed by atoms with Gasteiger partial charge in [-0.15, -0.1) is 0 Å². The summed E-state index contributed by atoms with van der Waals surface area (Å²) in [6.07, 6.45) is 0. The quantitative estimate of drug-likeness (QED) is 0.397. The van der Waals surface area contributed by atoms with Gasteiger partial charge in [0, 0.05) is 0 Å². The molecule has 0 unspecified atom stereocenters. The van der Waals surface area contributed by atoms with Gasteiger partial charge in [-0.2, -0.15) is 0 Å². The van der Waals surface area contributed by atoms with E-state index >= 15 is 0 Å². The van der Waals surface area contributed by atoms with Crippen LogP contribution in [0.2, 0.25) is 0 Å². The summed E-state index contributed by atoms with van der Waals surface area (Å²) in [5.74, 6) is 5.22. The summed E-state index contributed by atoms with van der Waals surface area (Å²) >= 11 is 0. The molecule has 0 aliphatic carbocycles. The first kappa shape index (κ1) is 6.36.